The molecule has 0 spiro atoms. The lowest BCUT2D eigenvalue weighted by Gasteiger charge is -2.10. The van der Waals surface area contributed by atoms with Crippen molar-refractivity contribution >= 4 is 11.6 Å². The fourth-order valence-electron chi connectivity index (χ4n) is 1.72. The van der Waals surface area contributed by atoms with Crippen molar-refractivity contribution in [2.75, 3.05) is 13.1 Å². The van der Waals surface area contributed by atoms with Crippen LogP contribution in [0.4, 0.5) is 0 Å². The first-order valence-electron chi connectivity index (χ1n) is 5.76. The molecular formula is C13H18ClN. The third kappa shape index (κ3) is 3.84. The van der Waals surface area contributed by atoms with Gasteiger partial charge in [-0.25, -0.2) is 0 Å². The summed E-state index contributed by atoms with van der Waals surface area (Å²) < 4.78 is 0. The highest BCUT2D eigenvalue weighted by molar-refractivity contribution is 6.21. The lowest BCUT2D eigenvalue weighted by atomic mass is 10.1. The van der Waals surface area contributed by atoms with Crippen LogP contribution in [0.5, 0.6) is 0 Å². The van der Waals surface area contributed by atoms with E-state index in [1.54, 1.807) is 0 Å². The van der Waals surface area contributed by atoms with Crippen LogP contribution < -0.4 is 5.32 Å². The third-order valence-corrected chi connectivity index (χ3v) is 3.32. The largest absolute Gasteiger partial charge is 0.315 e. The van der Waals surface area contributed by atoms with Gasteiger partial charge in [0.25, 0.3) is 0 Å². The van der Waals surface area contributed by atoms with Gasteiger partial charge in [0.05, 0.1) is 5.38 Å². The molecule has 15 heavy (non-hydrogen) atoms. The standard InChI is InChI=1S/C13H18ClN/c14-13(12-4-2-1-3-5-12)10-15-9-8-11-6-7-11/h1-5,11,13,15H,6-10H2. The molecule has 2 heteroatoms. The first-order valence-corrected chi connectivity index (χ1v) is 6.19. The normalized spacial score (nSPS) is 17.7. The van der Waals surface area contributed by atoms with E-state index in [4.69, 9.17) is 11.6 Å². The SMILES string of the molecule is ClC(CNCCC1CC1)c1ccccc1. The summed E-state index contributed by atoms with van der Waals surface area (Å²) in [5.41, 5.74) is 1.21. The predicted molar refractivity (Wildman–Crippen MR) is 65.2 cm³/mol. The van der Waals surface area contributed by atoms with E-state index in [9.17, 15) is 0 Å². The zero-order valence-electron chi connectivity index (χ0n) is 8.95. The Bertz CT molecular complexity index is 282. The molecule has 1 fully saturated rings. The highest BCUT2D eigenvalue weighted by atomic mass is 35.5. The van der Waals surface area contributed by atoms with Crippen molar-refractivity contribution in [1.29, 1.82) is 0 Å². The van der Waals surface area contributed by atoms with Crippen LogP contribution in [0.15, 0.2) is 30.3 Å². The fraction of sp³-hybridized carbons (Fsp3) is 0.538. The topological polar surface area (TPSA) is 12.0 Å². The Morgan fingerprint density at radius 2 is 2.00 bits per heavy atom. The minimum absolute atomic E-state index is 0.102. The van der Waals surface area contributed by atoms with E-state index in [1.807, 2.05) is 18.2 Å². The molecule has 0 aliphatic heterocycles. The van der Waals surface area contributed by atoms with Crippen LogP contribution in [0.1, 0.15) is 30.2 Å². The van der Waals surface area contributed by atoms with Gasteiger partial charge in [0.15, 0.2) is 0 Å². The highest BCUT2D eigenvalue weighted by Crippen LogP contribution is 2.31. The van der Waals surface area contributed by atoms with Gasteiger partial charge in [-0.3, -0.25) is 0 Å². The van der Waals surface area contributed by atoms with Gasteiger partial charge in [-0.15, -0.1) is 11.6 Å². The minimum atomic E-state index is 0.102. The molecule has 2 rings (SSSR count). The summed E-state index contributed by atoms with van der Waals surface area (Å²) in [7, 11) is 0. The fourth-order valence-corrected chi connectivity index (χ4v) is 1.98. The molecule has 1 aromatic rings. The van der Waals surface area contributed by atoms with Gasteiger partial charge < -0.3 is 5.32 Å². The second-order valence-electron chi connectivity index (χ2n) is 4.31. The van der Waals surface area contributed by atoms with E-state index >= 15 is 0 Å². The van der Waals surface area contributed by atoms with Gasteiger partial charge in [-0.2, -0.15) is 0 Å². The van der Waals surface area contributed by atoms with Crippen molar-refractivity contribution in [2.24, 2.45) is 5.92 Å². The van der Waals surface area contributed by atoms with E-state index in [2.05, 4.69) is 17.4 Å². The van der Waals surface area contributed by atoms with Gasteiger partial charge in [0.1, 0.15) is 0 Å². The Kier molecular flexibility index (Phi) is 4.04. The molecule has 1 N–H and O–H groups in total. The maximum absolute atomic E-state index is 6.27. The summed E-state index contributed by atoms with van der Waals surface area (Å²) in [6, 6.07) is 10.3. The summed E-state index contributed by atoms with van der Waals surface area (Å²) in [6.07, 6.45) is 4.19. The van der Waals surface area contributed by atoms with Crippen molar-refractivity contribution in [1.82, 2.24) is 5.32 Å². The maximum atomic E-state index is 6.27. The number of halogens is 1. The lowest BCUT2D eigenvalue weighted by molar-refractivity contribution is 0.607. The van der Waals surface area contributed by atoms with Crippen LogP contribution in [0, 0.1) is 5.92 Å². The van der Waals surface area contributed by atoms with Gasteiger partial charge in [-0.05, 0) is 24.4 Å². The van der Waals surface area contributed by atoms with Crippen LogP contribution in [0.2, 0.25) is 0 Å². The van der Waals surface area contributed by atoms with E-state index in [-0.39, 0.29) is 5.38 Å². The predicted octanol–water partition coefficient (Wildman–Crippen LogP) is 3.36. The molecule has 0 heterocycles. The van der Waals surface area contributed by atoms with Gasteiger partial charge in [0.2, 0.25) is 0 Å². The molecule has 1 nitrogen and oxygen atoms in total. The molecule has 0 bridgehead atoms. The molecule has 1 atom stereocenters. The number of benzene rings is 1. The molecule has 1 unspecified atom stereocenters. The molecule has 82 valence electrons. The molecular weight excluding hydrogens is 206 g/mol. The Balaban J connectivity index is 1.65. The van der Waals surface area contributed by atoms with Crippen molar-refractivity contribution in [3.63, 3.8) is 0 Å². The van der Waals surface area contributed by atoms with Crippen molar-refractivity contribution < 1.29 is 0 Å². The number of hydrogen-bond acceptors (Lipinski definition) is 1. The zero-order chi connectivity index (χ0) is 10.5. The Hall–Kier alpha value is -0.530. The molecule has 0 radical (unpaired) electrons. The van der Waals surface area contributed by atoms with Gasteiger partial charge in [-0.1, -0.05) is 43.2 Å². The van der Waals surface area contributed by atoms with Gasteiger partial charge >= 0.3 is 0 Å². The van der Waals surface area contributed by atoms with Crippen molar-refractivity contribution in [2.45, 2.75) is 24.6 Å². The Morgan fingerprint density at radius 1 is 1.27 bits per heavy atom. The van der Waals surface area contributed by atoms with E-state index < -0.39 is 0 Å². The molecule has 1 saturated carbocycles. The molecule has 0 aromatic heterocycles. The van der Waals surface area contributed by atoms with Crippen molar-refractivity contribution in [3.05, 3.63) is 35.9 Å². The summed E-state index contributed by atoms with van der Waals surface area (Å²) >= 11 is 6.27. The Morgan fingerprint density at radius 3 is 2.67 bits per heavy atom. The van der Waals surface area contributed by atoms with E-state index in [1.165, 1.54) is 24.8 Å². The number of alkyl halides is 1. The smallest absolute Gasteiger partial charge is 0.0709 e. The molecule has 0 saturated heterocycles. The lowest BCUT2D eigenvalue weighted by Crippen LogP contribution is -2.20. The van der Waals surface area contributed by atoms with Crippen LogP contribution >= 0.6 is 11.6 Å². The van der Waals surface area contributed by atoms with Crippen LogP contribution in [0.25, 0.3) is 0 Å². The van der Waals surface area contributed by atoms with Crippen LogP contribution in [0.3, 0.4) is 0 Å². The van der Waals surface area contributed by atoms with Crippen LogP contribution in [-0.2, 0) is 0 Å². The number of nitrogens with one attached hydrogen (secondary N) is 1. The monoisotopic (exact) mass is 223 g/mol. The van der Waals surface area contributed by atoms with E-state index in [0.29, 0.717) is 0 Å². The quantitative estimate of drug-likeness (QED) is 0.576. The summed E-state index contributed by atoms with van der Waals surface area (Å²) in [5, 5.41) is 3.53. The second-order valence-corrected chi connectivity index (χ2v) is 4.84. The van der Waals surface area contributed by atoms with Crippen LogP contribution in [-0.4, -0.2) is 13.1 Å². The zero-order valence-corrected chi connectivity index (χ0v) is 9.71. The second kappa shape index (κ2) is 5.53. The number of hydrogen-bond donors (Lipinski definition) is 1. The molecule has 1 aliphatic rings. The third-order valence-electron chi connectivity index (χ3n) is 2.91. The first kappa shape index (κ1) is 11.0. The summed E-state index contributed by atoms with van der Waals surface area (Å²) in [5.74, 6) is 1.00. The minimum Gasteiger partial charge on any atom is -0.315 e. The highest BCUT2D eigenvalue weighted by Gasteiger charge is 2.20. The average molecular weight is 224 g/mol. The van der Waals surface area contributed by atoms with Crippen molar-refractivity contribution in [3.8, 4) is 0 Å². The maximum Gasteiger partial charge on any atom is 0.0709 e. The van der Waals surface area contributed by atoms with Gasteiger partial charge in [0, 0.05) is 6.54 Å². The first-order chi connectivity index (χ1) is 7.36. The van der Waals surface area contributed by atoms with E-state index in [0.717, 1.165) is 19.0 Å². The summed E-state index contributed by atoms with van der Waals surface area (Å²) in [6.45, 7) is 1.99. The number of rotatable bonds is 6. The summed E-state index contributed by atoms with van der Waals surface area (Å²) in [4.78, 5) is 0. The molecule has 1 aromatic carbocycles. The molecule has 1 aliphatic carbocycles. The Labute approximate surface area is 96.8 Å². The molecule has 0 amide bonds. The average Bonchev–Trinajstić information content (AvgIpc) is 3.09.